The lowest BCUT2D eigenvalue weighted by Gasteiger charge is -2.35. The average molecular weight is 317 g/mol. The van der Waals surface area contributed by atoms with Gasteiger partial charge in [-0.05, 0) is 57.4 Å². The molecule has 0 saturated heterocycles. The normalized spacial score (nSPS) is 27.5. The molecule has 0 unspecified atom stereocenters. The first-order chi connectivity index (χ1) is 9.91. The third-order valence-corrected chi connectivity index (χ3v) is 6.91. The van der Waals surface area contributed by atoms with E-state index in [2.05, 4.69) is 12.2 Å². The molecule has 0 aromatic carbocycles. The van der Waals surface area contributed by atoms with Crippen LogP contribution in [0, 0.1) is 5.92 Å². The Kier molecular flexibility index (Phi) is 6.05. The number of nitrogens with one attached hydrogen (secondary N) is 1. The molecule has 0 aliphatic heterocycles. The van der Waals surface area contributed by atoms with Crippen LogP contribution in [0.4, 0.5) is 0 Å². The van der Waals surface area contributed by atoms with Gasteiger partial charge in [-0.25, -0.2) is 0 Å². The maximum absolute atomic E-state index is 12.6. The van der Waals surface area contributed by atoms with Gasteiger partial charge in [0.1, 0.15) is 0 Å². The third-order valence-electron chi connectivity index (χ3n) is 4.92. The lowest BCUT2D eigenvalue weighted by molar-refractivity contribution is 0.235. The van der Waals surface area contributed by atoms with Crippen LogP contribution in [0.15, 0.2) is 0 Å². The van der Waals surface area contributed by atoms with Crippen molar-refractivity contribution in [3.8, 4) is 0 Å². The quantitative estimate of drug-likeness (QED) is 0.695. The second-order valence-corrected chi connectivity index (χ2v) is 8.94. The fourth-order valence-electron chi connectivity index (χ4n) is 3.03. The molecule has 0 atom stereocenters. The molecule has 0 spiro atoms. The van der Waals surface area contributed by atoms with Crippen molar-refractivity contribution in [3.63, 3.8) is 0 Å². The SMILES string of the molecule is CC1CCC(N(C)S(=O)(=O)N(C)CCCNC2CC2)CC1. The van der Waals surface area contributed by atoms with Gasteiger partial charge >= 0.3 is 0 Å². The van der Waals surface area contributed by atoms with E-state index in [1.807, 2.05) is 0 Å². The highest BCUT2D eigenvalue weighted by Crippen LogP contribution is 2.28. The number of rotatable bonds is 8. The molecule has 0 aromatic heterocycles. The van der Waals surface area contributed by atoms with Gasteiger partial charge in [0, 0.05) is 32.7 Å². The van der Waals surface area contributed by atoms with Crippen LogP contribution in [0.1, 0.15) is 51.9 Å². The molecule has 2 aliphatic rings. The van der Waals surface area contributed by atoms with Gasteiger partial charge in [0.15, 0.2) is 0 Å². The first-order valence-corrected chi connectivity index (χ1v) is 9.73. The van der Waals surface area contributed by atoms with E-state index >= 15 is 0 Å². The summed E-state index contributed by atoms with van der Waals surface area (Å²) in [7, 11) is 0.145. The number of hydrogen-bond acceptors (Lipinski definition) is 3. The highest BCUT2D eigenvalue weighted by molar-refractivity contribution is 7.86. The Morgan fingerprint density at radius 2 is 1.67 bits per heavy atom. The second-order valence-electron chi connectivity index (χ2n) is 6.84. The Bertz CT molecular complexity index is 415. The second kappa shape index (κ2) is 7.40. The molecule has 0 amide bonds. The molecule has 2 rings (SSSR count). The van der Waals surface area contributed by atoms with Crippen LogP contribution < -0.4 is 5.32 Å². The lowest BCUT2D eigenvalue weighted by atomic mass is 9.87. The average Bonchev–Trinajstić information content (AvgIpc) is 3.27. The zero-order chi connectivity index (χ0) is 15.5. The summed E-state index contributed by atoms with van der Waals surface area (Å²) in [5.74, 6) is 0.739. The molecule has 1 N–H and O–H groups in total. The molecule has 2 aliphatic carbocycles. The van der Waals surface area contributed by atoms with Gasteiger partial charge in [-0.3, -0.25) is 0 Å². The van der Waals surface area contributed by atoms with Crippen LogP contribution in [-0.2, 0) is 10.2 Å². The van der Waals surface area contributed by atoms with Gasteiger partial charge in [-0.1, -0.05) is 6.92 Å². The Balaban J connectivity index is 1.77. The maximum atomic E-state index is 12.6. The van der Waals surface area contributed by atoms with Crippen LogP contribution in [-0.4, -0.2) is 56.3 Å². The lowest BCUT2D eigenvalue weighted by Crippen LogP contribution is -2.46. The summed E-state index contributed by atoms with van der Waals surface area (Å²) in [6, 6.07) is 0.872. The summed E-state index contributed by atoms with van der Waals surface area (Å²) in [6.07, 6.45) is 7.69. The van der Waals surface area contributed by atoms with E-state index in [-0.39, 0.29) is 6.04 Å². The first kappa shape index (κ1) is 17.2. The predicted molar refractivity (Wildman–Crippen MR) is 86.4 cm³/mol. The highest BCUT2D eigenvalue weighted by atomic mass is 32.2. The van der Waals surface area contributed by atoms with Crippen LogP contribution in [0.2, 0.25) is 0 Å². The van der Waals surface area contributed by atoms with Crippen molar-refractivity contribution < 1.29 is 8.42 Å². The topological polar surface area (TPSA) is 52.7 Å². The van der Waals surface area contributed by atoms with Crippen molar-refractivity contribution in [2.75, 3.05) is 27.2 Å². The van der Waals surface area contributed by atoms with Crippen molar-refractivity contribution in [1.29, 1.82) is 0 Å². The minimum absolute atomic E-state index is 0.179. The molecule has 6 heteroatoms. The molecule has 2 saturated carbocycles. The summed E-state index contributed by atoms with van der Waals surface area (Å²) in [5.41, 5.74) is 0. The molecular formula is C15H31N3O2S. The summed E-state index contributed by atoms with van der Waals surface area (Å²) in [6.45, 7) is 3.76. The van der Waals surface area contributed by atoms with E-state index in [1.165, 1.54) is 17.1 Å². The van der Waals surface area contributed by atoms with Crippen molar-refractivity contribution >= 4 is 10.2 Å². The Hall–Kier alpha value is -0.170. The van der Waals surface area contributed by atoms with Crippen LogP contribution >= 0.6 is 0 Å². The first-order valence-electron chi connectivity index (χ1n) is 8.34. The van der Waals surface area contributed by atoms with Crippen molar-refractivity contribution in [2.24, 2.45) is 5.92 Å². The van der Waals surface area contributed by atoms with E-state index < -0.39 is 10.2 Å². The minimum Gasteiger partial charge on any atom is -0.314 e. The molecule has 21 heavy (non-hydrogen) atoms. The van der Waals surface area contributed by atoms with E-state index in [4.69, 9.17) is 0 Å². The Morgan fingerprint density at radius 1 is 1.05 bits per heavy atom. The zero-order valence-corrected chi connectivity index (χ0v) is 14.5. The summed E-state index contributed by atoms with van der Waals surface area (Å²) in [4.78, 5) is 0. The van der Waals surface area contributed by atoms with Gasteiger partial charge in [0.25, 0.3) is 10.2 Å². The predicted octanol–water partition coefficient (Wildman–Crippen LogP) is 1.82. The Labute approximate surface area is 130 Å². The summed E-state index contributed by atoms with van der Waals surface area (Å²) < 4.78 is 28.3. The van der Waals surface area contributed by atoms with Crippen molar-refractivity contribution in [2.45, 2.75) is 64.0 Å². The maximum Gasteiger partial charge on any atom is 0.281 e. The molecule has 0 aromatic rings. The summed E-state index contributed by atoms with van der Waals surface area (Å²) >= 11 is 0. The van der Waals surface area contributed by atoms with E-state index in [0.717, 1.165) is 44.6 Å². The smallest absolute Gasteiger partial charge is 0.281 e. The molecule has 0 heterocycles. The number of hydrogen-bond donors (Lipinski definition) is 1. The largest absolute Gasteiger partial charge is 0.314 e. The molecule has 124 valence electrons. The molecule has 5 nitrogen and oxygen atoms in total. The van der Waals surface area contributed by atoms with Gasteiger partial charge in [0.05, 0.1) is 0 Å². The molecule has 2 fully saturated rings. The highest BCUT2D eigenvalue weighted by Gasteiger charge is 2.31. The van der Waals surface area contributed by atoms with Crippen molar-refractivity contribution in [1.82, 2.24) is 13.9 Å². The number of nitrogens with zero attached hydrogens (tertiary/aromatic N) is 2. The zero-order valence-electron chi connectivity index (χ0n) is 13.7. The van der Waals surface area contributed by atoms with Gasteiger partial charge < -0.3 is 5.32 Å². The van der Waals surface area contributed by atoms with Gasteiger partial charge in [0.2, 0.25) is 0 Å². The van der Waals surface area contributed by atoms with E-state index in [9.17, 15) is 8.42 Å². The monoisotopic (exact) mass is 317 g/mol. The van der Waals surface area contributed by atoms with Crippen molar-refractivity contribution in [3.05, 3.63) is 0 Å². The van der Waals surface area contributed by atoms with Crippen LogP contribution in [0.25, 0.3) is 0 Å². The fourth-order valence-corrected chi connectivity index (χ4v) is 4.41. The van der Waals surface area contributed by atoms with Gasteiger partial charge in [-0.15, -0.1) is 0 Å². The Morgan fingerprint density at radius 3 is 2.24 bits per heavy atom. The van der Waals surface area contributed by atoms with E-state index in [1.54, 1.807) is 18.4 Å². The molecular weight excluding hydrogens is 286 g/mol. The third kappa shape index (κ3) is 4.91. The van der Waals surface area contributed by atoms with E-state index in [0.29, 0.717) is 12.6 Å². The van der Waals surface area contributed by atoms with Gasteiger partial charge in [-0.2, -0.15) is 17.0 Å². The molecule has 0 bridgehead atoms. The van der Waals surface area contributed by atoms with Crippen LogP contribution in [0.3, 0.4) is 0 Å². The summed E-state index contributed by atoms with van der Waals surface area (Å²) in [5, 5.41) is 3.43. The standard InChI is InChI=1S/C15H31N3O2S/c1-13-5-9-15(10-6-13)18(3)21(19,20)17(2)12-4-11-16-14-7-8-14/h13-16H,4-12H2,1-3H3. The van der Waals surface area contributed by atoms with Crippen LogP contribution in [0.5, 0.6) is 0 Å². The molecule has 0 radical (unpaired) electrons. The minimum atomic E-state index is -3.30. The fraction of sp³-hybridized carbons (Fsp3) is 1.00.